The van der Waals surface area contributed by atoms with Crippen molar-refractivity contribution < 1.29 is 32.9 Å². The molecule has 0 aliphatic rings. The summed E-state index contributed by atoms with van der Waals surface area (Å²) < 4.78 is 23.1. The van der Waals surface area contributed by atoms with Crippen molar-refractivity contribution in [2.24, 2.45) is 0 Å². The molecule has 0 fully saturated rings. The highest BCUT2D eigenvalue weighted by Gasteiger charge is 2.24. The van der Waals surface area contributed by atoms with Crippen LogP contribution in [0.25, 0.3) is 0 Å². The molecule has 9 heteroatoms. The largest absolute Gasteiger partial charge is 0.756 e. The monoisotopic (exact) mass is 687 g/mol. The van der Waals surface area contributed by atoms with Crippen molar-refractivity contribution in [3.05, 3.63) is 24.3 Å². The number of nitrogens with zero attached hydrogens (tertiary/aromatic N) is 1. The topological polar surface area (TPSA) is 108 Å². The van der Waals surface area contributed by atoms with E-state index < -0.39 is 20.0 Å². The van der Waals surface area contributed by atoms with Gasteiger partial charge < -0.3 is 28.8 Å². The Morgan fingerprint density at radius 1 is 0.745 bits per heavy atom. The number of carbonyl (C=O) groups excluding carboxylic acids is 1. The molecule has 1 amide bonds. The van der Waals surface area contributed by atoms with Crippen LogP contribution in [0, 0.1) is 0 Å². The number of aliphatic hydroxyl groups is 1. The fraction of sp³-hybridized carbons (Fsp3) is 0.868. The zero-order valence-electron chi connectivity index (χ0n) is 31.2. The number of phosphoric ester groups is 1. The molecule has 8 nitrogen and oxygen atoms in total. The number of allylic oxidation sites excluding steroid dienone is 4. The van der Waals surface area contributed by atoms with Crippen LogP contribution in [0.1, 0.15) is 162 Å². The molecule has 0 aromatic carbocycles. The van der Waals surface area contributed by atoms with Crippen LogP contribution >= 0.6 is 7.82 Å². The first-order valence-electron chi connectivity index (χ1n) is 19.2. The van der Waals surface area contributed by atoms with Gasteiger partial charge in [-0.25, -0.2) is 0 Å². The lowest BCUT2D eigenvalue weighted by atomic mass is 10.0. The molecule has 3 unspecified atom stereocenters. The Kier molecular flexibility index (Phi) is 30.3. The van der Waals surface area contributed by atoms with E-state index in [4.69, 9.17) is 9.05 Å². The highest BCUT2D eigenvalue weighted by Crippen LogP contribution is 2.38. The lowest BCUT2D eigenvalue weighted by Gasteiger charge is -2.30. The lowest BCUT2D eigenvalue weighted by Crippen LogP contribution is -2.46. The van der Waals surface area contributed by atoms with Crippen LogP contribution in [-0.4, -0.2) is 68.5 Å². The predicted octanol–water partition coefficient (Wildman–Crippen LogP) is 9.16. The van der Waals surface area contributed by atoms with Crippen LogP contribution < -0.4 is 10.2 Å². The van der Waals surface area contributed by atoms with Gasteiger partial charge in [-0.15, -0.1) is 0 Å². The zero-order valence-corrected chi connectivity index (χ0v) is 32.1. The van der Waals surface area contributed by atoms with Crippen LogP contribution in [0.4, 0.5) is 0 Å². The van der Waals surface area contributed by atoms with Crippen molar-refractivity contribution in [3.63, 3.8) is 0 Å². The SMILES string of the molecule is CCCCC/C=C\C=C/CCCCCCCCC(=O)NC(COP(=O)([O-])OCC[N+](C)(C)C)C(O)CCCCCCCCCCCC. The number of phosphoric acid groups is 1. The fourth-order valence-corrected chi connectivity index (χ4v) is 6.04. The first-order chi connectivity index (χ1) is 22.5. The Bertz CT molecular complexity index is 829. The average molecular weight is 687 g/mol. The van der Waals surface area contributed by atoms with E-state index in [1.54, 1.807) is 0 Å². The number of unbranched alkanes of at least 4 members (excludes halogenated alkanes) is 18. The Balaban J connectivity index is 4.47. The van der Waals surface area contributed by atoms with Gasteiger partial charge in [0.25, 0.3) is 7.82 Å². The van der Waals surface area contributed by atoms with Crippen LogP contribution in [-0.2, 0) is 18.4 Å². The van der Waals surface area contributed by atoms with E-state index in [-0.39, 0.29) is 19.1 Å². The average Bonchev–Trinajstić information content (AvgIpc) is 3.01. The Hall–Kier alpha value is -1.02. The second-order valence-corrected chi connectivity index (χ2v) is 15.7. The third kappa shape index (κ3) is 33.3. The van der Waals surface area contributed by atoms with Crippen molar-refractivity contribution in [2.45, 2.75) is 174 Å². The quantitative estimate of drug-likeness (QED) is 0.0303. The van der Waals surface area contributed by atoms with Crippen molar-refractivity contribution >= 4 is 13.7 Å². The maximum atomic E-state index is 12.8. The molecular formula is C38H75N2O6P. The van der Waals surface area contributed by atoms with Gasteiger partial charge in [0.15, 0.2) is 0 Å². The number of hydrogen-bond acceptors (Lipinski definition) is 6. The Labute approximate surface area is 290 Å². The van der Waals surface area contributed by atoms with Crippen LogP contribution in [0.5, 0.6) is 0 Å². The van der Waals surface area contributed by atoms with E-state index in [9.17, 15) is 19.4 Å². The normalized spacial score (nSPS) is 15.0. The molecule has 47 heavy (non-hydrogen) atoms. The summed E-state index contributed by atoms with van der Waals surface area (Å²) in [6.45, 7) is 4.64. The maximum absolute atomic E-state index is 12.8. The summed E-state index contributed by atoms with van der Waals surface area (Å²) in [5, 5.41) is 13.8. The van der Waals surface area contributed by atoms with Gasteiger partial charge >= 0.3 is 0 Å². The second-order valence-electron chi connectivity index (χ2n) is 14.3. The molecule has 278 valence electrons. The Morgan fingerprint density at radius 3 is 1.77 bits per heavy atom. The minimum atomic E-state index is -4.55. The van der Waals surface area contributed by atoms with E-state index >= 15 is 0 Å². The smallest absolute Gasteiger partial charge is 0.268 e. The Morgan fingerprint density at radius 2 is 1.21 bits per heavy atom. The van der Waals surface area contributed by atoms with Crippen LogP contribution in [0.15, 0.2) is 24.3 Å². The van der Waals surface area contributed by atoms with Gasteiger partial charge in [-0.05, 0) is 38.5 Å². The van der Waals surface area contributed by atoms with Gasteiger partial charge in [0.05, 0.1) is 39.9 Å². The first kappa shape index (κ1) is 46.0. The molecule has 0 heterocycles. The summed E-state index contributed by atoms with van der Waals surface area (Å²) >= 11 is 0. The van der Waals surface area contributed by atoms with Crippen molar-refractivity contribution in [1.29, 1.82) is 0 Å². The molecule has 0 radical (unpaired) electrons. The van der Waals surface area contributed by atoms with Crippen molar-refractivity contribution in [1.82, 2.24) is 5.32 Å². The van der Waals surface area contributed by atoms with Gasteiger partial charge in [-0.2, -0.15) is 0 Å². The second kappa shape index (κ2) is 31.0. The zero-order chi connectivity index (χ0) is 35.1. The molecule has 0 saturated carbocycles. The number of likely N-dealkylation sites (N-methyl/N-ethyl adjacent to an activating group) is 1. The number of carbonyl (C=O) groups is 1. The third-order valence-corrected chi connectivity index (χ3v) is 9.43. The fourth-order valence-electron chi connectivity index (χ4n) is 5.32. The van der Waals surface area contributed by atoms with E-state index in [1.807, 2.05) is 21.1 Å². The highest BCUT2D eigenvalue weighted by atomic mass is 31.2. The third-order valence-electron chi connectivity index (χ3n) is 8.47. The first-order valence-corrected chi connectivity index (χ1v) is 20.7. The molecule has 0 bridgehead atoms. The molecule has 0 aliphatic carbocycles. The molecule has 0 spiro atoms. The number of rotatable bonds is 34. The minimum absolute atomic E-state index is 0.00962. The number of nitrogens with one attached hydrogen (secondary N) is 1. The molecule has 3 atom stereocenters. The summed E-state index contributed by atoms with van der Waals surface area (Å²) in [5.74, 6) is -0.180. The van der Waals surface area contributed by atoms with E-state index in [0.29, 0.717) is 23.9 Å². The van der Waals surface area contributed by atoms with E-state index in [0.717, 1.165) is 51.4 Å². The van der Waals surface area contributed by atoms with Gasteiger partial charge in [-0.3, -0.25) is 9.36 Å². The van der Waals surface area contributed by atoms with E-state index in [1.165, 1.54) is 83.5 Å². The molecular weight excluding hydrogens is 611 g/mol. The predicted molar refractivity (Wildman–Crippen MR) is 196 cm³/mol. The summed E-state index contributed by atoms with van der Waals surface area (Å²) in [7, 11) is 1.29. The summed E-state index contributed by atoms with van der Waals surface area (Å²) in [4.78, 5) is 25.1. The van der Waals surface area contributed by atoms with Gasteiger partial charge in [-0.1, -0.05) is 141 Å². The maximum Gasteiger partial charge on any atom is 0.268 e. The van der Waals surface area contributed by atoms with Crippen LogP contribution in [0.2, 0.25) is 0 Å². The van der Waals surface area contributed by atoms with Crippen LogP contribution in [0.3, 0.4) is 0 Å². The molecule has 0 aromatic rings. The number of quaternary nitrogens is 1. The van der Waals surface area contributed by atoms with Gasteiger partial charge in [0, 0.05) is 6.42 Å². The number of amides is 1. The molecule has 0 saturated heterocycles. The summed E-state index contributed by atoms with van der Waals surface area (Å²) in [6.07, 6.45) is 33.1. The summed E-state index contributed by atoms with van der Waals surface area (Å²) in [6, 6.07) is -0.801. The molecule has 0 rings (SSSR count). The molecule has 2 N–H and O–H groups in total. The standard InChI is InChI=1S/C38H75N2O6P/c1-6-8-10-12-14-16-18-19-20-21-22-24-26-28-30-32-38(42)39-36(35-46-47(43,44)45-34-33-40(3,4)5)37(41)31-29-27-25-23-17-15-13-11-9-7-2/h14,16,18-19,36-37,41H,6-13,15,17,20-35H2,1-5H3,(H-,39,42,43,44)/b16-14-,19-18-. The molecule has 0 aromatic heterocycles. The number of hydrogen-bond donors (Lipinski definition) is 2. The van der Waals surface area contributed by atoms with Gasteiger partial charge in [0.2, 0.25) is 5.91 Å². The number of aliphatic hydroxyl groups excluding tert-OH is 1. The summed E-state index contributed by atoms with van der Waals surface area (Å²) in [5.41, 5.74) is 0. The molecule has 0 aliphatic heterocycles. The highest BCUT2D eigenvalue weighted by molar-refractivity contribution is 7.45. The lowest BCUT2D eigenvalue weighted by molar-refractivity contribution is -0.870. The minimum Gasteiger partial charge on any atom is -0.756 e. The van der Waals surface area contributed by atoms with Gasteiger partial charge in [0.1, 0.15) is 13.2 Å². The van der Waals surface area contributed by atoms with Crippen molar-refractivity contribution in [3.8, 4) is 0 Å². The van der Waals surface area contributed by atoms with Crippen molar-refractivity contribution in [2.75, 3.05) is 40.9 Å². The van der Waals surface area contributed by atoms with E-state index in [2.05, 4.69) is 43.5 Å².